The second-order valence-electron chi connectivity index (χ2n) is 4.33. The monoisotopic (exact) mass is 260 g/mol. The molecule has 1 heterocycles. The Hall–Kier alpha value is -1.10. The fourth-order valence-electron chi connectivity index (χ4n) is 2.11. The summed E-state index contributed by atoms with van der Waals surface area (Å²) < 4.78 is 37.9. The molecule has 2 atom stereocenters. The van der Waals surface area contributed by atoms with E-state index in [1.165, 1.54) is 6.20 Å². The van der Waals surface area contributed by atoms with Crippen LogP contribution in [0.1, 0.15) is 44.4 Å². The Morgan fingerprint density at radius 1 is 1.33 bits per heavy atom. The molecular weight excluding hydrogens is 241 g/mol. The molecule has 0 spiro atoms. The van der Waals surface area contributed by atoms with E-state index in [1.54, 1.807) is 0 Å². The number of rotatable bonds is 5. The van der Waals surface area contributed by atoms with Gasteiger partial charge in [0.05, 0.1) is 5.56 Å². The molecule has 0 saturated carbocycles. The molecule has 0 aliphatic carbocycles. The highest BCUT2D eigenvalue weighted by Gasteiger charge is 2.31. The lowest BCUT2D eigenvalue weighted by molar-refractivity contribution is -0.137. The normalized spacial score (nSPS) is 15.4. The quantitative estimate of drug-likeness (QED) is 0.875. The Morgan fingerprint density at radius 2 is 2.00 bits per heavy atom. The van der Waals surface area contributed by atoms with Crippen LogP contribution in [0, 0.1) is 0 Å². The van der Waals surface area contributed by atoms with Crippen molar-refractivity contribution >= 4 is 0 Å². The Kier molecular flexibility index (Phi) is 5.14. The van der Waals surface area contributed by atoms with E-state index in [0.717, 1.165) is 25.1 Å². The van der Waals surface area contributed by atoms with Crippen molar-refractivity contribution in [2.24, 2.45) is 0 Å². The van der Waals surface area contributed by atoms with Crippen LogP contribution >= 0.6 is 0 Å². The lowest BCUT2D eigenvalue weighted by atomic mass is 9.93. The predicted octanol–water partition coefficient (Wildman–Crippen LogP) is 3.59. The van der Waals surface area contributed by atoms with Crippen molar-refractivity contribution in [3.05, 3.63) is 29.6 Å². The molecule has 102 valence electrons. The van der Waals surface area contributed by atoms with Gasteiger partial charge >= 0.3 is 6.18 Å². The average molecular weight is 260 g/mol. The molecule has 0 aliphatic rings. The fraction of sp³-hybridized carbons (Fsp3) is 0.615. The molecule has 2 unspecified atom stereocenters. The van der Waals surface area contributed by atoms with Crippen LogP contribution in [0.5, 0.6) is 0 Å². The van der Waals surface area contributed by atoms with Crippen molar-refractivity contribution in [1.82, 2.24) is 10.3 Å². The highest BCUT2D eigenvalue weighted by molar-refractivity contribution is 5.22. The summed E-state index contributed by atoms with van der Waals surface area (Å²) in [5.74, 6) is -0.00718. The molecule has 0 fully saturated rings. The third-order valence-corrected chi connectivity index (χ3v) is 3.06. The van der Waals surface area contributed by atoms with Gasteiger partial charge in [-0.1, -0.05) is 13.8 Å². The summed E-state index contributed by atoms with van der Waals surface area (Å²) in [7, 11) is 0. The van der Waals surface area contributed by atoms with E-state index in [9.17, 15) is 13.2 Å². The lowest BCUT2D eigenvalue weighted by Crippen LogP contribution is -2.32. The van der Waals surface area contributed by atoms with E-state index in [0.29, 0.717) is 5.69 Å². The maximum Gasteiger partial charge on any atom is 0.416 e. The summed E-state index contributed by atoms with van der Waals surface area (Å²) in [4.78, 5) is 4.09. The van der Waals surface area contributed by atoms with Gasteiger partial charge in [0.15, 0.2) is 0 Å². The number of hydrogen-bond donors (Lipinski definition) is 1. The summed E-state index contributed by atoms with van der Waals surface area (Å²) in [6.45, 7) is 6.69. The van der Waals surface area contributed by atoms with Crippen LogP contribution in [0.15, 0.2) is 18.3 Å². The van der Waals surface area contributed by atoms with E-state index in [2.05, 4.69) is 10.3 Å². The number of halogens is 3. The minimum atomic E-state index is -4.31. The maximum atomic E-state index is 12.6. The first-order valence-electron chi connectivity index (χ1n) is 6.16. The molecule has 0 saturated heterocycles. The molecule has 0 radical (unpaired) electrons. The Morgan fingerprint density at radius 3 is 2.50 bits per heavy atom. The van der Waals surface area contributed by atoms with Crippen molar-refractivity contribution in [1.29, 1.82) is 0 Å². The summed E-state index contributed by atoms with van der Waals surface area (Å²) in [6.07, 6.45) is -2.32. The maximum absolute atomic E-state index is 12.6. The molecule has 2 nitrogen and oxygen atoms in total. The van der Waals surface area contributed by atoms with Crippen LogP contribution in [0.25, 0.3) is 0 Å². The second kappa shape index (κ2) is 6.18. The fourth-order valence-corrected chi connectivity index (χ4v) is 2.11. The molecule has 1 aromatic rings. The van der Waals surface area contributed by atoms with Crippen molar-refractivity contribution in [2.45, 2.75) is 45.3 Å². The van der Waals surface area contributed by atoms with Crippen LogP contribution in [-0.2, 0) is 6.18 Å². The largest absolute Gasteiger partial charge is 0.416 e. The van der Waals surface area contributed by atoms with Crippen molar-refractivity contribution in [2.75, 3.05) is 6.54 Å². The standard InChI is InChI=1S/C13H19F3N2/c1-4-11(9(3)17-5-2)12-8-10(6-7-18-12)13(14,15)16/h6-9,11,17H,4-5H2,1-3H3. The third-order valence-electron chi connectivity index (χ3n) is 3.06. The van der Waals surface area contributed by atoms with E-state index in [1.807, 2.05) is 20.8 Å². The van der Waals surface area contributed by atoms with Crippen molar-refractivity contribution in [3.63, 3.8) is 0 Å². The minimum Gasteiger partial charge on any atom is -0.314 e. The van der Waals surface area contributed by atoms with Crippen molar-refractivity contribution in [3.8, 4) is 0 Å². The number of aromatic nitrogens is 1. The average Bonchev–Trinajstić information content (AvgIpc) is 2.29. The van der Waals surface area contributed by atoms with E-state index >= 15 is 0 Å². The Balaban J connectivity index is 3.00. The minimum absolute atomic E-state index is 0.00718. The molecule has 1 aromatic heterocycles. The number of nitrogens with zero attached hydrogens (tertiary/aromatic N) is 1. The van der Waals surface area contributed by atoms with Gasteiger partial charge in [-0.2, -0.15) is 13.2 Å². The number of hydrogen-bond acceptors (Lipinski definition) is 2. The summed E-state index contributed by atoms with van der Waals surface area (Å²) >= 11 is 0. The first kappa shape index (κ1) is 15.0. The number of likely N-dealkylation sites (N-methyl/N-ethyl adjacent to an activating group) is 1. The van der Waals surface area contributed by atoms with Crippen LogP contribution in [0.4, 0.5) is 13.2 Å². The number of pyridine rings is 1. The van der Waals surface area contributed by atoms with Crippen molar-refractivity contribution < 1.29 is 13.2 Å². The number of nitrogens with one attached hydrogen (secondary N) is 1. The summed E-state index contributed by atoms with van der Waals surface area (Å²) in [6, 6.07) is 2.27. The predicted molar refractivity (Wildman–Crippen MR) is 65.4 cm³/mol. The molecule has 1 rings (SSSR count). The highest BCUT2D eigenvalue weighted by Crippen LogP contribution is 2.31. The lowest BCUT2D eigenvalue weighted by Gasteiger charge is -2.23. The van der Waals surface area contributed by atoms with Gasteiger partial charge in [0.1, 0.15) is 0 Å². The SMILES string of the molecule is CCNC(C)C(CC)c1cc(C(F)(F)F)ccn1. The van der Waals surface area contributed by atoms with Gasteiger partial charge in [0.2, 0.25) is 0 Å². The molecule has 5 heteroatoms. The first-order chi connectivity index (χ1) is 8.40. The van der Waals surface area contributed by atoms with Gasteiger partial charge in [-0.05, 0) is 32.0 Å². The van der Waals surface area contributed by atoms with Crippen LogP contribution in [-0.4, -0.2) is 17.6 Å². The third kappa shape index (κ3) is 3.70. The molecule has 0 amide bonds. The zero-order valence-electron chi connectivity index (χ0n) is 10.9. The smallest absolute Gasteiger partial charge is 0.314 e. The van der Waals surface area contributed by atoms with Gasteiger partial charge in [-0.15, -0.1) is 0 Å². The van der Waals surface area contributed by atoms with Gasteiger partial charge in [-0.3, -0.25) is 4.98 Å². The first-order valence-corrected chi connectivity index (χ1v) is 6.16. The van der Waals surface area contributed by atoms with Crippen LogP contribution < -0.4 is 5.32 Å². The van der Waals surface area contributed by atoms with Crippen LogP contribution in [0.3, 0.4) is 0 Å². The van der Waals surface area contributed by atoms with Crippen LogP contribution in [0.2, 0.25) is 0 Å². The second-order valence-corrected chi connectivity index (χ2v) is 4.33. The highest BCUT2D eigenvalue weighted by atomic mass is 19.4. The zero-order valence-corrected chi connectivity index (χ0v) is 10.9. The van der Waals surface area contributed by atoms with E-state index in [4.69, 9.17) is 0 Å². The van der Waals surface area contributed by atoms with Gasteiger partial charge in [-0.25, -0.2) is 0 Å². The zero-order chi connectivity index (χ0) is 13.8. The molecule has 18 heavy (non-hydrogen) atoms. The van der Waals surface area contributed by atoms with Gasteiger partial charge < -0.3 is 5.32 Å². The molecular formula is C13H19F3N2. The van der Waals surface area contributed by atoms with Gasteiger partial charge in [0.25, 0.3) is 0 Å². The molecule has 0 bridgehead atoms. The topological polar surface area (TPSA) is 24.9 Å². The van der Waals surface area contributed by atoms with Gasteiger partial charge in [0, 0.05) is 23.9 Å². The molecule has 1 N–H and O–H groups in total. The van der Waals surface area contributed by atoms with E-state index < -0.39 is 11.7 Å². The Labute approximate surface area is 106 Å². The number of alkyl halides is 3. The molecule has 0 aliphatic heterocycles. The van der Waals surface area contributed by atoms with E-state index in [-0.39, 0.29) is 12.0 Å². The summed E-state index contributed by atoms with van der Waals surface area (Å²) in [5, 5.41) is 3.23. The summed E-state index contributed by atoms with van der Waals surface area (Å²) in [5.41, 5.74) is -0.129. The Bertz CT molecular complexity index is 377. The molecule has 0 aromatic carbocycles.